The molecule has 1 unspecified atom stereocenters. The predicted octanol–water partition coefficient (Wildman–Crippen LogP) is 3.96. The van der Waals surface area contributed by atoms with E-state index in [0.717, 1.165) is 5.56 Å². The zero-order chi connectivity index (χ0) is 16.2. The van der Waals surface area contributed by atoms with Crippen molar-refractivity contribution in [1.82, 2.24) is 4.90 Å². The van der Waals surface area contributed by atoms with Gasteiger partial charge in [-0.2, -0.15) is 0 Å². The molecule has 2 aromatic rings. The van der Waals surface area contributed by atoms with Crippen molar-refractivity contribution >= 4 is 5.78 Å². The Balaban J connectivity index is 2.40. The Morgan fingerprint density at radius 1 is 1.05 bits per heavy atom. The lowest BCUT2D eigenvalue weighted by Crippen LogP contribution is -2.52. The molecule has 0 aliphatic heterocycles. The van der Waals surface area contributed by atoms with Gasteiger partial charge < -0.3 is 0 Å². The largest absolute Gasteiger partial charge is 0.297 e. The summed E-state index contributed by atoms with van der Waals surface area (Å²) in [5, 5.41) is 0. The maximum Gasteiger partial charge on any atom is 0.183 e. The number of Topliss-reactive ketones (excluding diaryl/α,β-unsaturated/α-hetero) is 1. The number of hydrogen-bond acceptors (Lipinski definition) is 2. The minimum Gasteiger partial charge on any atom is -0.297 e. The summed E-state index contributed by atoms with van der Waals surface area (Å²) >= 11 is 0. The van der Waals surface area contributed by atoms with E-state index in [-0.39, 0.29) is 11.6 Å². The molecule has 0 amide bonds. The molecule has 0 bridgehead atoms. The van der Waals surface area contributed by atoms with Gasteiger partial charge in [-0.3, -0.25) is 9.69 Å². The number of rotatable bonds is 6. The number of benzene rings is 2. The molecule has 0 heterocycles. The molecular weight excluding hydrogens is 277 g/mol. The maximum atomic E-state index is 13.1. The molecule has 0 aromatic heterocycles. The van der Waals surface area contributed by atoms with Crippen molar-refractivity contribution in [3.05, 3.63) is 71.5 Å². The molecule has 2 aromatic carbocycles. The van der Waals surface area contributed by atoms with Gasteiger partial charge in [0.1, 0.15) is 5.82 Å². The first-order valence-corrected chi connectivity index (χ1v) is 7.51. The van der Waals surface area contributed by atoms with Crippen LogP contribution >= 0.6 is 0 Å². The van der Waals surface area contributed by atoms with Crippen LogP contribution in [0.15, 0.2) is 54.6 Å². The summed E-state index contributed by atoms with van der Waals surface area (Å²) in [6.45, 7) is 2.02. The van der Waals surface area contributed by atoms with Crippen molar-refractivity contribution in [2.45, 2.75) is 25.3 Å². The molecule has 3 heteroatoms. The van der Waals surface area contributed by atoms with Crippen LogP contribution in [-0.2, 0) is 6.42 Å². The second kappa shape index (κ2) is 6.84. The third-order valence-electron chi connectivity index (χ3n) is 4.31. The number of carbonyl (C=O) groups is 1. The monoisotopic (exact) mass is 299 g/mol. The van der Waals surface area contributed by atoms with Crippen LogP contribution < -0.4 is 0 Å². The first-order valence-electron chi connectivity index (χ1n) is 7.51. The van der Waals surface area contributed by atoms with Crippen LogP contribution in [-0.4, -0.2) is 30.3 Å². The molecule has 116 valence electrons. The fourth-order valence-corrected chi connectivity index (χ4v) is 2.85. The van der Waals surface area contributed by atoms with E-state index in [2.05, 4.69) is 0 Å². The summed E-state index contributed by atoms with van der Waals surface area (Å²) in [4.78, 5) is 15.1. The Morgan fingerprint density at radius 2 is 1.64 bits per heavy atom. The van der Waals surface area contributed by atoms with E-state index in [4.69, 9.17) is 0 Å². The molecule has 0 saturated carbocycles. The number of nitrogens with zero attached hydrogens (tertiary/aromatic N) is 1. The molecule has 22 heavy (non-hydrogen) atoms. The lowest BCUT2D eigenvalue weighted by atomic mass is 9.80. The van der Waals surface area contributed by atoms with Gasteiger partial charge in [-0.05, 0) is 56.8 Å². The Hall–Kier alpha value is -2.00. The SMILES string of the molecule is CCC(Cc1ccccc1)(C(=O)c1ccc(F)cc1)N(C)C. The molecule has 0 radical (unpaired) electrons. The van der Waals surface area contributed by atoms with E-state index in [1.165, 1.54) is 12.1 Å². The normalized spacial score (nSPS) is 13.9. The molecule has 2 nitrogen and oxygen atoms in total. The number of halogens is 1. The maximum absolute atomic E-state index is 13.1. The van der Waals surface area contributed by atoms with Crippen molar-refractivity contribution < 1.29 is 9.18 Å². The van der Waals surface area contributed by atoms with Gasteiger partial charge in [0.2, 0.25) is 0 Å². The molecule has 0 N–H and O–H groups in total. The van der Waals surface area contributed by atoms with E-state index in [9.17, 15) is 9.18 Å². The van der Waals surface area contributed by atoms with Crippen LogP contribution in [0.4, 0.5) is 4.39 Å². The second-order valence-corrected chi connectivity index (χ2v) is 5.78. The first kappa shape index (κ1) is 16.4. The van der Waals surface area contributed by atoms with Crippen molar-refractivity contribution in [2.24, 2.45) is 0 Å². The van der Waals surface area contributed by atoms with Gasteiger partial charge >= 0.3 is 0 Å². The Morgan fingerprint density at radius 3 is 2.14 bits per heavy atom. The molecule has 0 aliphatic carbocycles. The van der Waals surface area contributed by atoms with Crippen molar-refractivity contribution in [1.29, 1.82) is 0 Å². The first-order chi connectivity index (χ1) is 10.5. The number of carbonyl (C=O) groups excluding carboxylic acids is 1. The van der Waals surface area contributed by atoms with E-state index < -0.39 is 5.54 Å². The van der Waals surface area contributed by atoms with Crippen LogP contribution in [0, 0.1) is 5.82 Å². The number of hydrogen-bond donors (Lipinski definition) is 0. The summed E-state index contributed by atoms with van der Waals surface area (Å²) < 4.78 is 13.1. The second-order valence-electron chi connectivity index (χ2n) is 5.78. The van der Waals surface area contributed by atoms with Gasteiger partial charge in [0, 0.05) is 5.56 Å². The van der Waals surface area contributed by atoms with Gasteiger partial charge in [0.05, 0.1) is 5.54 Å². The van der Waals surface area contributed by atoms with Crippen LogP contribution in [0.25, 0.3) is 0 Å². The van der Waals surface area contributed by atoms with Gasteiger partial charge in [0.25, 0.3) is 0 Å². The third-order valence-corrected chi connectivity index (χ3v) is 4.31. The Kier molecular flexibility index (Phi) is 5.09. The summed E-state index contributed by atoms with van der Waals surface area (Å²) in [7, 11) is 3.85. The number of likely N-dealkylation sites (N-methyl/N-ethyl adjacent to an activating group) is 1. The van der Waals surface area contributed by atoms with E-state index >= 15 is 0 Å². The summed E-state index contributed by atoms with van der Waals surface area (Å²) in [6, 6.07) is 15.8. The highest BCUT2D eigenvalue weighted by Gasteiger charge is 2.39. The summed E-state index contributed by atoms with van der Waals surface area (Å²) in [6.07, 6.45) is 1.32. The quantitative estimate of drug-likeness (QED) is 0.752. The molecular formula is C19H22FNO. The topological polar surface area (TPSA) is 20.3 Å². The van der Waals surface area contributed by atoms with Gasteiger partial charge in [-0.15, -0.1) is 0 Å². The molecule has 0 saturated heterocycles. The number of ketones is 1. The zero-order valence-corrected chi connectivity index (χ0v) is 13.3. The standard InChI is InChI=1S/C19H22FNO/c1-4-19(21(2)3,14-15-8-6-5-7-9-15)18(22)16-10-12-17(20)13-11-16/h5-13H,4,14H2,1-3H3. The summed E-state index contributed by atoms with van der Waals surface area (Å²) in [5.74, 6) is -0.296. The van der Waals surface area contributed by atoms with Gasteiger partial charge in [-0.25, -0.2) is 4.39 Å². The lowest BCUT2D eigenvalue weighted by molar-refractivity contribution is 0.0666. The van der Waals surface area contributed by atoms with E-state index in [1.54, 1.807) is 12.1 Å². The van der Waals surface area contributed by atoms with E-state index in [1.807, 2.05) is 56.3 Å². The highest BCUT2D eigenvalue weighted by Crippen LogP contribution is 2.27. The predicted molar refractivity (Wildman–Crippen MR) is 87.6 cm³/mol. The van der Waals surface area contributed by atoms with Crippen molar-refractivity contribution in [3.63, 3.8) is 0 Å². The Bertz CT molecular complexity index is 622. The van der Waals surface area contributed by atoms with Crippen LogP contribution in [0.3, 0.4) is 0 Å². The van der Waals surface area contributed by atoms with Crippen molar-refractivity contribution in [2.75, 3.05) is 14.1 Å². The van der Waals surface area contributed by atoms with Crippen molar-refractivity contribution in [3.8, 4) is 0 Å². The molecule has 0 spiro atoms. The van der Waals surface area contributed by atoms with Gasteiger partial charge in [-0.1, -0.05) is 37.3 Å². The molecule has 1 atom stereocenters. The molecule has 2 rings (SSSR count). The lowest BCUT2D eigenvalue weighted by Gasteiger charge is -2.38. The highest BCUT2D eigenvalue weighted by atomic mass is 19.1. The average Bonchev–Trinajstić information content (AvgIpc) is 2.53. The van der Waals surface area contributed by atoms with Gasteiger partial charge in [0.15, 0.2) is 5.78 Å². The minimum absolute atomic E-state index is 0.0313. The zero-order valence-electron chi connectivity index (χ0n) is 13.3. The Labute approximate surface area is 131 Å². The molecule has 0 aliphatic rings. The highest BCUT2D eigenvalue weighted by molar-refractivity contribution is 6.03. The minimum atomic E-state index is -0.626. The average molecular weight is 299 g/mol. The third kappa shape index (κ3) is 3.25. The smallest absolute Gasteiger partial charge is 0.183 e. The van der Waals surface area contributed by atoms with E-state index in [0.29, 0.717) is 18.4 Å². The summed E-state index contributed by atoms with van der Waals surface area (Å²) in [5.41, 5.74) is 1.04. The van der Waals surface area contributed by atoms with Crippen LogP contribution in [0.2, 0.25) is 0 Å². The molecule has 0 fully saturated rings. The van der Waals surface area contributed by atoms with Crippen LogP contribution in [0.5, 0.6) is 0 Å². The fraction of sp³-hybridized carbons (Fsp3) is 0.316. The fourth-order valence-electron chi connectivity index (χ4n) is 2.85. The van der Waals surface area contributed by atoms with Crippen LogP contribution in [0.1, 0.15) is 29.3 Å².